The monoisotopic (exact) mass is 270 g/mol. The molecule has 1 rings (SSSR count). The maximum absolute atomic E-state index is 13.2. The molecule has 1 aromatic rings. The van der Waals surface area contributed by atoms with Gasteiger partial charge in [0, 0.05) is 25.0 Å². The van der Waals surface area contributed by atoms with Crippen molar-refractivity contribution in [3.8, 4) is 0 Å². The molecule has 1 unspecified atom stereocenters. The number of nitrogens with one attached hydrogen (secondary N) is 2. The highest BCUT2D eigenvalue weighted by atomic mass is 32.1. The Balaban J connectivity index is 2.37. The zero-order valence-electron chi connectivity index (χ0n) is 10.9. The van der Waals surface area contributed by atoms with Crippen LogP contribution in [0.25, 0.3) is 0 Å². The van der Waals surface area contributed by atoms with Gasteiger partial charge in [-0.3, -0.25) is 9.98 Å². The predicted octanol–water partition coefficient (Wildman–Crippen LogP) is 2.03. The topological polar surface area (TPSA) is 48.8 Å². The molecule has 0 radical (unpaired) electrons. The van der Waals surface area contributed by atoms with Crippen LogP contribution in [0, 0.1) is 5.82 Å². The third-order valence-corrected chi connectivity index (χ3v) is 3.39. The van der Waals surface area contributed by atoms with E-state index in [0.29, 0.717) is 5.96 Å². The van der Waals surface area contributed by atoms with E-state index in [1.54, 1.807) is 25.8 Å². The van der Waals surface area contributed by atoms with Crippen LogP contribution in [-0.2, 0) is 6.42 Å². The quantitative estimate of drug-likeness (QED) is 0.635. The summed E-state index contributed by atoms with van der Waals surface area (Å²) in [5.74, 6) is 0.563. The van der Waals surface area contributed by atoms with Crippen molar-refractivity contribution in [1.82, 2.24) is 10.6 Å². The van der Waals surface area contributed by atoms with Gasteiger partial charge in [0.1, 0.15) is 5.82 Å². The number of hydrogen-bond donors (Lipinski definition) is 2. The van der Waals surface area contributed by atoms with E-state index >= 15 is 0 Å². The molecule has 100 valence electrons. The normalized spacial score (nSPS) is 13.9. The first-order valence-corrected chi connectivity index (χ1v) is 6.67. The van der Waals surface area contributed by atoms with Crippen LogP contribution in [0.4, 0.5) is 4.39 Å². The van der Waals surface area contributed by atoms with Crippen molar-refractivity contribution in [1.29, 1.82) is 0 Å². The fraction of sp³-hybridized carbons (Fsp3) is 0.500. The molecular weight excluding hydrogens is 251 g/mol. The predicted molar refractivity (Wildman–Crippen MR) is 76.1 cm³/mol. The van der Waals surface area contributed by atoms with Crippen molar-refractivity contribution < 1.29 is 4.39 Å². The Morgan fingerprint density at radius 2 is 2.33 bits per heavy atom. The number of guanidine groups is 1. The first-order valence-electron chi connectivity index (χ1n) is 5.79. The summed E-state index contributed by atoms with van der Waals surface area (Å²) in [4.78, 5) is 8.69. The standard InChI is InChI=1S/C12H19FN4S/c1-9(17-12(15-3)16-8-14-2)4-5-11-10(13)6-7-18-11/h6-9H,4-5H2,1-3H3,(H2,14,15,16,17). The summed E-state index contributed by atoms with van der Waals surface area (Å²) in [6, 6.07) is 1.72. The smallest absolute Gasteiger partial charge is 0.196 e. The molecule has 18 heavy (non-hydrogen) atoms. The number of aryl methyl sites for hydroxylation is 1. The van der Waals surface area contributed by atoms with Crippen molar-refractivity contribution in [2.45, 2.75) is 25.8 Å². The molecule has 0 saturated heterocycles. The average Bonchev–Trinajstić information content (AvgIpc) is 2.77. The largest absolute Gasteiger partial charge is 0.354 e. The summed E-state index contributed by atoms with van der Waals surface area (Å²) >= 11 is 1.46. The SMILES string of the molecule is CN=CNC(=NC)NC(C)CCc1sccc1F. The molecule has 0 aromatic carbocycles. The zero-order chi connectivity index (χ0) is 13.4. The second kappa shape index (κ2) is 7.81. The van der Waals surface area contributed by atoms with Gasteiger partial charge in [0.05, 0.1) is 6.34 Å². The van der Waals surface area contributed by atoms with Gasteiger partial charge in [0.15, 0.2) is 5.96 Å². The summed E-state index contributed by atoms with van der Waals surface area (Å²) in [6.45, 7) is 2.04. The third kappa shape index (κ3) is 4.83. The average molecular weight is 270 g/mol. The van der Waals surface area contributed by atoms with Gasteiger partial charge in [-0.25, -0.2) is 4.39 Å². The van der Waals surface area contributed by atoms with Crippen LogP contribution in [0.3, 0.4) is 0 Å². The number of nitrogens with zero attached hydrogens (tertiary/aromatic N) is 2. The maximum atomic E-state index is 13.2. The number of rotatable bonds is 5. The molecule has 1 heterocycles. The van der Waals surface area contributed by atoms with Crippen molar-refractivity contribution >= 4 is 23.6 Å². The van der Waals surface area contributed by atoms with Crippen molar-refractivity contribution in [2.75, 3.05) is 14.1 Å². The van der Waals surface area contributed by atoms with E-state index in [-0.39, 0.29) is 11.9 Å². The van der Waals surface area contributed by atoms with Crippen LogP contribution < -0.4 is 10.6 Å². The van der Waals surface area contributed by atoms with Crippen LogP contribution in [0.1, 0.15) is 18.2 Å². The van der Waals surface area contributed by atoms with Crippen LogP contribution in [0.15, 0.2) is 21.4 Å². The first-order chi connectivity index (χ1) is 8.67. The van der Waals surface area contributed by atoms with Gasteiger partial charge in [-0.2, -0.15) is 0 Å². The van der Waals surface area contributed by atoms with Gasteiger partial charge in [-0.15, -0.1) is 11.3 Å². The zero-order valence-corrected chi connectivity index (χ0v) is 11.7. The highest BCUT2D eigenvalue weighted by Gasteiger charge is 2.08. The summed E-state index contributed by atoms with van der Waals surface area (Å²) in [7, 11) is 3.38. The number of halogens is 1. The second-order valence-electron chi connectivity index (χ2n) is 3.88. The van der Waals surface area contributed by atoms with Crippen molar-refractivity contribution in [3.05, 3.63) is 22.1 Å². The molecule has 6 heteroatoms. The number of aliphatic imine (C=N–C) groups is 2. The Hall–Kier alpha value is -1.43. The molecule has 0 saturated carbocycles. The lowest BCUT2D eigenvalue weighted by atomic mass is 10.1. The molecule has 4 nitrogen and oxygen atoms in total. The minimum atomic E-state index is -0.104. The van der Waals surface area contributed by atoms with Crippen LogP contribution in [0.5, 0.6) is 0 Å². The van der Waals surface area contributed by atoms with E-state index in [4.69, 9.17) is 0 Å². The summed E-state index contributed by atoms with van der Waals surface area (Å²) in [5, 5.41) is 7.92. The minimum absolute atomic E-state index is 0.104. The van der Waals surface area contributed by atoms with Gasteiger partial charge < -0.3 is 10.6 Å². The van der Waals surface area contributed by atoms with Gasteiger partial charge in [-0.1, -0.05) is 0 Å². The van der Waals surface area contributed by atoms with Crippen molar-refractivity contribution in [3.63, 3.8) is 0 Å². The molecule has 0 aliphatic rings. The Bertz CT molecular complexity index is 414. The van der Waals surface area contributed by atoms with E-state index in [1.165, 1.54) is 17.4 Å². The van der Waals surface area contributed by atoms with Gasteiger partial charge >= 0.3 is 0 Å². The number of thiophene rings is 1. The Morgan fingerprint density at radius 1 is 1.56 bits per heavy atom. The lowest BCUT2D eigenvalue weighted by Crippen LogP contribution is -2.41. The van der Waals surface area contributed by atoms with Crippen molar-refractivity contribution in [2.24, 2.45) is 9.98 Å². The Kier molecular flexibility index (Phi) is 6.35. The lowest BCUT2D eigenvalue weighted by Gasteiger charge is -2.15. The first kappa shape index (κ1) is 14.6. The van der Waals surface area contributed by atoms with Gasteiger partial charge in [-0.05, 0) is 31.2 Å². The molecule has 0 aliphatic heterocycles. The fourth-order valence-electron chi connectivity index (χ4n) is 1.45. The molecule has 1 atom stereocenters. The van der Waals surface area contributed by atoms with E-state index in [9.17, 15) is 4.39 Å². The summed E-state index contributed by atoms with van der Waals surface area (Å²) < 4.78 is 13.2. The molecule has 0 fully saturated rings. The summed E-state index contributed by atoms with van der Waals surface area (Å²) in [6.07, 6.45) is 3.15. The molecule has 0 bridgehead atoms. The molecule has 0 amide bonds. The molecular formula is C12H19FN4S. The highest BCUT2D eigenvalue weighted by Crippen LogP contribution is 2.17. The maximum Gasteiger partial charge on any atom is 0.196 e. The van der Waals surface area contributed by atoms with Crippen LogP contribution in [-0.4, -0.2) is 32.4 Å². The lowest BCUT2D eigenvalue weighted by molar-refractivity contribution is 0.577. The molecule has 2 N–H and O–H groups in total. The molecule has 0 aliphatic carbocycles. The Labute approximate surface area is 111 Å². The second-order valence-corrected chi connectivity index (χ2v) is 4.88. The Morgan fingerprint density at radius 3 is 2.89 bits per heavy atom. The molecule has 1 aromatic heterocycles. The number of hydrogen-bond acceptors (Lipinski definition) is 3. The minimum Gasteiger partial charge on any atom is -0.354 e. The van der Waals surface area contributed by atoms with Crippen LogP contribution in [0.2, 0.25) is 0 Å². The fourth-order valence-corrected chi connectivity index (χ4v) is 2.22. The van der Waals surface area contributed by atoms with E-state index < -0.39 is 0 Å². The van der Waals surface area contributed by atoms with Crippen LogP contribution >= 0.6 is 11.3 Å². The molecule has 0 spiro atoms. The van der Waals surface area contributed by atoms with Gasteiger partial charge in [0.25, 0.3) is 0 Å². The van der Waals surface area contributed by atoms with E-state index in [1.807, 2.05) is 6.92 Å². The summed E-state index contributed by atoms with van der Waals surface area (Å²) in [5.41, 5.74) is 0. The highest BCUT2D eigenvalue weighted by molar-refractivity contribution is 7.09. The van der Waals surface area contributed by atoms with Gasteiger partial charge in [0.2, 0.25) is 0 Å². The van der Waals surface area contributed by atoms with E-state index in [0.717, 1.165) is 17.7 Å². The van der Waals surface area contributed by atoms with E-state index in [2.05, 4.69) is 20.6 Å². The third-order valence-electron chi connectivity index (χ3n) is 2.43.